The van der Waals surface area contributed by atoms with Crippen LogP contribution in [0.1, 0.15) is 15.9 Å². The van der Waals surface area contributed by atoms with Crippen molar-refractivity contribution < 1.29 is 9.21 Å². The van der Waals surface area contributed by atoms with E-state index in [2.05, 4.69) is 5.32 Å². The minimum atomic E-state index is -0.347. The van der Waals surface area contributed by atoms with Gasteiger partial charge in [0.15, 0.2) is 0 Å². The highest BCUT2D eigenvalue weighted by Gasteiger charge is 2.15. The van der Waals surface area contributed by atoms with Gasteiger partial charge in [0.05, 0.1) is 22.5 Å². The van der Waals surface area contributed by atoms with E-state index in [1.807, 2.05) is 19.1 Å². The monoisotopic (exact) mass is 269 g/mol. The number of hydrogen-bond acceptors (Lipinski definition) is 2. The van der Waals surface area contributed by atoms with E-state index in [4.69, 9.17) is 27.6 Å². The van der Waals surface area contributed by atoms with Crippen LogP contribution >= 0.6 is 23.2 Å². The summed E-state index contributed by atoms with van der Waals surface area (Å²) in [6.45, 7) is 1.86. The number of hydrogen-bond donors (Lipinski definition) is 1. The number of aryl methyl sites for hydroxylation is 1. The molecule has 0 atom stereocenters. The van der Waals surface area contributed by atoms with Crippen LogP contribution in [0.2, 0.25) is 10.2 Å². The Balaban J connectivity index is 2.28. The van der Waals surface area contributed by atoms with Gasteiger partial charge in [0.1, 0.15) is 0 Å². The molecule has 2 aromatic rings. The fourth-order valence-corrected chi connectivity index (χ4v) is 1.90. The zero-order valence-electron chi connectivity index (χ0n) is 8.96. The van der Waals surface area contributed by atoms with E-state index in [1.54, 1.807) is 6.07 Å². The van der Waals surface area contributed by atoms with Gasteiger partial charge >= 0.3 is 0 Å². The molecule has 0 saturated heterocycles. The minimum Gasteiger partial charge on any atom is -0.452 e. The smallest absolute Gasteiger partial charge is 0.260 e. The molecule has 0 bridgehead atoms. The Hall–Kier alpha value is -1.45. The van der Waals surface area contributed by atoms with Crippen LogP contribution in [-0.2, 0) is 0 Å². The first kappa shape index (κ1) is 12.0. The van der Waals surface area contributed by atoms with Gasteiger partial charge in [-0.3, -0.25) is 4.79 Å². The molecule has 1 N–H and O–H groups in total. The van der Waals surface area contributed by atoms with Crippen molar-refractivity contribution in [2.45, 2.75) is 6.92 Å². The molecule has 1 amide bonds. The summed E-state index contributed by atoms with van der Waals surface area (Å²) >= 11 is 11.7. The molecule has 17 heavy (non-hydrogen) atoms. The first-order valence-electron chi connectivity index (χ1n) is 4.89. The van der Waals surface area contributed by atoms with Crippen LogP contribution in [0.15, 0.2) is 34.9 Å². The SMILES string of the molecule is Cc1cccc(Cl)c1NC(=O)c1ccoc1Cl. The number of furan rings is 1. The number of carbonyl (C=O) groups excluding carboxylic acids is 1. The van der Waals surface area contributed by atoms with E-state index in [-0.39, 0.29) is 16.7 Å². The lowest BCUT2D eigenvalue weighted by Crippen LogP contribution is -2.12. The summed E-state index contributed by atoms with van der Waals surface area (Å²) in [4.78, 5) is 11.9. The molecule has 0 aliphatic heterocycles. The molecule has 3 nitrogen and oxygen atoms in total. The summed E-state index contributed by atoms with van der Waals surface area (Å²) in [6, 6.07) is 6.89. The molecule has 1 heterocycles. The van der Waals surface area contributed by atoms with Gasteiger partial charge in [-0.2, -0.15) is 0 Å². The number of carbonyl (C=O) groups is 1. The second kappa shape index (κ2) is 4.82. The predicted octanol–water partition coefficient (Wildman–Crippen LogP) is 4.15. The first-order valence-corrected chi connectivity index (χ1v) is 5.64. The third-order valence-corrected chi connectivity index (χ3v) is 2.93. The summed E-state index contributed by atoms with van der Waals surface area (Å²) in [5.74, 6) is -0.347. The van der Waals surface area contributed by atoms with E-state index < -0.39 is 0 Å². The van der Waals surface area contributed by atoms with E-state index >= 15 is 0 Å². The Kier molecular flexibility index (Phi) is 3.41. The third kappa shape index (κ3) is 2.46. The first-order chi connectivity index (χ1) is 8.09. The van der Waals surface area contributed by atoms with Crippen LogP contribution in [0.4, 0.5) is 5.69 Å². The van der Waals surface area contributed by atoms with E-state index in [0.29, 0.717) is 10.7 Å². The van der Waals surface area contributed by atoms with Crippen molar-refractivity contribution in [3.8, 4) is 0 Å². The fourth-order valence-electron chi connectivity index (χ4n) is 1.43. The molecule has 0 unspecified atom stereocenters. The van der Waals surface area contributed by atoms with Gasteiger partial charge in [0.25, 0.3) is 5.91 Å². The average Bonchev–Trinajstić information content (AvgIpc) is 2.70. The zero-order chi connectivity index (χ0) is 12.4. The molecule has 5 heteroatoms. The molecule has 0 aliphatic rings. The summed E-state index contributed by atoms with van der Waals surface area (Å²) in [6.07, 6.45) is 1.36. The van der Waals surface area contributed by atoms with Crippen molar-refractivity contribution in [2.75, 3.05) is 5.32 Å². The quantitative estimate of drug-likeness (QED) is 0.890. The van der Waals surface area contributed by atoms with E-state index in [9.17, 15) is 4.79 Å². The molecule has 88 valence electrons. The standard InChI is InChI=1S/C12H9Cl2NO2/c1-7-3-2-4-9(13)10(7)15-12(16)8-5-6-17-11(8)14/h2-6H,1H3,(H,15,16). The highest BCUT2D eigenvalue weighted by Crippen LogP contribution is 2.26. The van der Waals surface area contributed by atoms with Crippen LogP contribution in [0, 0.1) is 6.92 Å². The van der Waals surface area contributed by atoms with Gasteiger partial charge in [-0.1, -0.05) is 23.7 Å². The largest absolute Gasteiger partial charge is 0.452 e. The van der Waals surface area contributed by atoms with Crippen molar-refractivity contribution in [2.24, 2.45) is 0 Å². The number of halogens is 2. The van der Waals surface area contributed by atoms with Crippen molar-refractivity contribution in [3.63, 3.8) is 0 Å². The summed E-state index contributed by atoms with van der Waals surface area (Å²) < 4.78 is 4.86. The van der Waals surface area contributed by atoms with Gasteiger partial charge in [-0.05, 0) is 36.2 Å². The maximum absolute atomic E-state index is 11.9. The van der Waals surface area contributed by atoms with Crippen LogP contribution in [-0.4, -0.2) is 5.91 Å². The fraction of sp³-hybridized carbons (Fsp3) is 0.0833. The van der Waals surface area contributed by atoms with Crippen LogP contribution in [0.25, 0.3) is 0 Å². The van der Waals surface area contributed by atoms with Crippen LogP contribution in [0.3, 0.4) is 0 Å². The van der Waals surface area contributed by atoms with Crippen molar-refractivity contribution in [1.29, 1.82) is 0 Å². The Morgan fingerprint density at radius 2 is 2.06 bits per heavy atom. The number of para-hydroxylation sites is 1. The van der Waals surface area contributed by atoms with E-state index in [0.717, 1.165) is 5.56 Å². The number of rotatable bonds is 2. The number of nitrogens with one attached hydrogen (secondary N) is 1. The second-order valence-corrected chi connectivity index (χ2v) is 4.24. The molecule has 0 aliphatic carbocycles. The normalized spacial score (nSPS) is 10.3. The maximum atomic E-state index is 11.9. The van der Waals surface area contributed by atoms with E-state index in [1.165, 1.54) is 12.3 Å². The molecule has 0 radical (unpaired) electrons. The maximum Gasteiger partial charge on any atom is 0.260 e. The molecular weight excluding hydrogens is 261 g/mol. The Morgan fingerprint density at radius 1 is 1.29 bits per heavy atom. The van der Waals surface area contributed by atoms with Crippen molar-refractivity contribution in [3.05, 3.63) is 51.9 Å². The lowest BCUT2D eigenvalue weighted by atomic mass is 10.2. The summed E-state index contributed by atoms with van der Waals surface area (Å²) in [7, 11) is 0. The predicted molar refractivity (Wildman–Crippen MR) is 67.9 cm³/mol. The Labute approximate surface area is 108 Å². The van der Waals surface area contributed by atoms with Gasteiger partial charge in [-0.25, -0.2) is 0 Å². The Morgan fingerprint density at radius 3 is 2.65 bits per heavy atom. The summed E-state index contributed by atoms with van der Waals surface area (Å²) in [5.41, 5.74) is 1.74. The molecule has 1 aromatic carbocycles. The lowest BCUT2D eigenvalue weighted by molar-refractivity contribution is 0.102. The highest BCUT2D eigenvalue weighted by molar-refractivity contribution is 6.35. The number of amides is 1. The topological polar surface area (TPSA) is 42.2 Å². The molecule has 1 aromatic heterocycles. The zero-order valence-corrected chi connectivity index (χ0v) is 10.5. The molecule has 0 saturated carbocycles. The number of benzene rings is 1. The van der Waals surface area contributed by atoms with Gasteiger partial charge in [0.2, 0.25) is 5.22 Å². The van der Waals surface area contributed by atoms with Crippen LogP contribution < -0.4 is 5.32 Å². The second-order valence-electron chi connectivity index (χ2n) is 3.49. The third-order valence-electron chi connectivity index (χ3n) is 2.32. The highest BCUT2D eigenvalue weighted by atomic mass is 35.5. The lowest BCUT2D eigenvalue weighted by Gasteiger charge is -2.09. The number of anilines is 1. The van der Waals surface area contributed by atoms with Gasteiger partial charge in [0, 0.05) is 0 Å². The average molecular weight is 270 g/mol. The van der Waals surface area contributed by atoms with Crippen molar-refractivity contribution in [1.82, 2.24) is 0 Å². The molecule has 2 rings (SSSR count). The molecular formula is C12H9Cl2NO2. The van der Waals surface area contributed by atoms with Crippen LogP contribution in [0.5, 0.6) is 0 Å². The minimum absolute atomic E-state index is 0.0622. The molecule has 0 fully saturated rings. The molecule has 0 spiro atoms. The Bertz CT molecular complexity index is 543. The van der Waals surface area contributed by atoms with Crippen molar-refractivity contribution >= 4 is 34.8 Å². The van der Waals surface area contributed by atoms with Gasteiger partial charge in [-0.15, -0.1) is 0 Å². The van der Waals surface area contributed by atoms with Gasteiger partial charge < -0.3 is 9.73 Å². The summed E-state index contributed by atoms with van der Waals surface area (Å²) in [5, 5.41) is 3.25.